The zero-order valence-corrected chi connectivity index (χ0v) is 15.3. The fourth-order valence-electron chi connectivity index (χ4n) is 3.38. The molecule has 0 amide bonds. The number of nitrogens with zero attached hydrogens (tertiary/aromatic N) is 4. The van der Waals surface area contributed by atoms with Crippen molar-refractivity contribution in [2.24, 2.45) is 4.99 Å². The Morgan fingerprint density at radius 1 is 1.37 bits per heavy atom. The largest absolute Gasteiger partial charge is 0.478 e. The van der Waals surface area contributed by atoms with Crippen molar-refractivity contribution in [2.75, 3.05) is 23.6 Å². The lowest BCUT2D eigenvalue weighted by molar-refractivity contribution is -0.0172. The molecule has 0 radical (unpaired) electrons. The lowest BCUT2D eigenvalue weighted by Crippen LogP contribution is -2.33. The number of aromatic nitrogens is 1. The standard InChI is InChI=1S/C18H14N8O4/c19-3-10-12(21)11-13(24-18(23-5-20)26-16(11)25-15(10)22)9-2-7(17(27)28)1-8-4-29-6-30-14(8)9/h1-2,13H,4,6H2,(H,27,28)(H6,21,22,23,24,25,26). The predicted octanol–water partition coefficient (Wildman–Crippen LogP) is 0.624. The van der Waals surface area contributed by atoms with Gasteiger partial charge >= 0.3 is 5.97 Å². The third-order valence-corrected chi connectivity index (χ3v) is 4.64. The van der Waals surface area contributed by atoms with Crippen LogP contribution in [0.1, 0.15) is 38.7 Å². The monoisotopic (exact) mass is 406 g/mol. The van der Waals surface area contributed by atoms with E-state index in [1.807, 2.05) is 6.07 Å². The van der Waals surface area contributed by atoms with Gasteiger partial charge in [0.25, 0.3) is 0 Å². The third kappa shape index (κ3) is 2.94. The van der Waals surface area contributed by atoms with E-state index in [1.54, 1.807) is 6.19 Å². The summed E-state index contributed by atoms with van der Waals surface area (Å²) in [5, 5.41) is 33.2. The van der Waals surface area contributed by atoms with Gasteiger partial charge in [-0.3, -0.25) is 5.32 Å². The molecule has 1 aromatic carbocycles. The van der Waals surface area contributed by atoms with Crippen molar-refractivity contribution in [3.63, 3.8) is 0 Å². The molecule has 12 nitrogen and oxygen atoms in total. The molecular formula is C18H14N8O4. The van der Waals surface area contributed by atoms with Gasteiger partial charge in [-0.15, -0.1) is 0 Å². The second-order valence-corrected chi connectivity index (χ2v) is 6.37. The van der Waals surface area contributed by atoms with E-state index in [-0.39, 0.29) is 47.8 Å². The Bertz CT molecular complexity index is 1190. The van der Waals surface area contributed by atoms with Gasteiger partial charge in [0.15, 0.2) is 13.0 Å². The van der Waals surface area contributed by atoms with Crippen molar-refractivity contribution >= 4 is 29.3 Å². The summed E-state index contributed by atoms with van der Waals surface area (Å²) in [4.78, 5) is 20.3. The number of nitrogens with two attached hydrogens (primary N) is 2. The maximum atomic E-state index is 11.7. The second-order valence-electron chi connectivity index (χ2n) is 6.37. The van der Waals surface area contributed by atoms with Crippen LogP contribution in [0.5, 0.6) is 5.75 Å². The second kappa shape index (κ2) is 7.12. The molecule has 0 aliphatic carbocycles. The smallest absolute Gasteiger partial charge is 0.335 e. The fourth-order valence-corrected chi connectivity index (χ4v) is 3.38. The lowest BCUT2D eigenvalue weighted by atomic mass is 9.91. The van der Waals surface area contributed by atoms with Crippen LogP contribution in [-0.4, -0.2) is 28.8 Å². The number of aliphatic imine (C=N–C) groups is 1. The first-order valence-electron chi connectivity index (χ1n) is 8.54. The fraction of sp³-hybridized carbons (Fsp3) is 0.167. The van der Waals surface area contributed by atoms with Crippen molar-refractivity contribution < 1.29 is 19.4 Å². The molecule has 12 heteroatoms. The third-order valence-electron chi connectivity index (χ3n) is 4.64. The molecular weight excluding hydrogens is 392 g/mol. The number of carboxylic acid groups (broad SMARTS) is 1. The predicted molar refractivity (Wildman–Crippen MR) is 103 cm³/mol. The number of fused-ring (bicyclic) bond motifs is 2. The van der Waals surface area contributed by atoms with E-state index in [9.17, 15) is 15.2 Å². The highest BCUT2D eigenvalue weighted by Gasteiger charge is 2.33. The van der Waals surface area contributed by atoms with E-state index in [4.69, 9.17) is 26.2 Å². The van der Waals surface area contributed by atoms with Crippen LogP contribution in [0.25, 0.3) is 0 Å². The number of anilines is 3. The summed E-state index contributed by atoms with van der Waals surface area (Å²) in [5.74, 6) is -0.627. The Kier molecular flexibility index (Phi) is 4.46. The highest BCUT2D eigenvalue weighted by Crippen LogP contribution is 2.45. The summed E-state index contributed by atoms with van der Waals surface area (Å²) in [6.07, 6.45) is 1.75. The first-order chi connectivity index (χ1) is 14.4. The summed E-state index contributed by atoms with van der Waals surface area (Å²) >= 11 is 0. The number of hydrogen-bond acceptors (Lipinski definition) is 11. The van der Waals surface area contributed by atoms with Gasteiger partial charge in [-0.05, 0) is 12.1 Å². The molecule has 1 unspecified atom stereocenters. The van der Waals surface area contributed by atoms with Crippen LogP contribution in [0.3, 0.4) is 0 Å². The molecule has 2 aliphatic heterocycles. The van der Waals surface area contributed by atoms with E-state index in [2.05, 4.69) is 20.6 Å². The quantitative estimate of drug-likeness (QED) is 0.345. The normalized spacial score (nSPS) is 16.5. The molecule has 2 aliphatic rings. The van der Waals surface area contributed by atoms with Crippen LogP contribution in [0.2, 0.25) is 0 Å². The average Bonchev–Trinajstić information content (AvgIpc) is 2.72. The van der Waals surface area contributed by atoms with E-state index in [0.717, 1.165) is 0 Å². The Morgan fingerprint density at radius 3 is 2.87 bits per heavy atom. The highest BCUT2D eigenvalue weighted by atomic mass is 16.7. The molecule has 0 bridgehead atoms. The number of nitrogens with one attached hydrogen (secondary N) is 2. The van der Waals surface area contributed by atoms with E-state index >= 15 is 0 Å². The summed E-state index contributed by atoms with van der Waals surface area (Å²) in [7, 11) is 0. The van der Waals surface area contributed by atoms with Crippen molar-refractivity contribution in [3.8, 4) is 18.0 Å². The van der Waals surface area contributed by atoms with Crippen molar-refractivity contribution in [1.29, 1.82) is 10.5 Å². The number of ether oxygens (including phenoxy) is 2. The zero-order chi connectivity index (χ0) is 21.4. The zero-order valence-electron chi connectivity index (χ0n) is 15.3. The topological polar surface area (TPSA) is 205 Å². The Hall–Kier alpha value is -4.55. The molecule has 0 saturated carbocycles. The molecule has 30 heavy (non-hydrogen) atoms. The van der Waals surface area contributed by atoms with Gasteiger partial charge in [0.1, 0.15) is 35.1 Å². The Morgan fingerprint density at radius 2 is 2.17 bits per heavy atom. The number of carboxylic acids is 1. The molecule has 3 heterocycles. The Labute approximate surface area is 169 Å². The summed E-state index contributed by atoms with van der Waals surface area (Å²) < 4.78 is 10.9. The van der Waals surface area contributed by atoms with Gasteiger partial charge < -0.3 is 31.4 Å². The van der Waals surface area contributed by atoms with Gasteiger partial charge in [0, 0.05) is 16.7 Å². The van der Waals surface area contributed by atoms with Crippen LogP contribution in [-0.2, 0) is 11.3 Å². The van der Waals surface area contributed by atoms with Gasteiger partial charge in [0.05, 0.1) is 17.9 Å². The Balaban J connectivity index is 2.01. The van der Waals surface area contributed by atoms with E-state index in [0.29, 0.717) is 22.4 Å². The minimum absolute atomic E-state index is 0.00888. The molecule has 150 valence electrons. The number of aromatic carboxylic acids is 1. The number of guanidine groups is 1. The summed E-state index contributed by atoms with van der Waals surface area (Å²) in [6.45, 7) is 0.114. The first-order valence-corrected chi connectivity index (χ1v) is 8.54. The van der Waals surface area contributed by atoms with E-state index in [1.165, 1.54) is 12.1 Å². The van der Waals surface area contributed by atoms with Crippen LogP contribution >= 0.6 is 0 Å². The molecule has 0 fully saturated rings. The lowest BCUT2D eigenvalue weighted by Gasteiger charge is -2.29. The molecule has 0 spiro atoms. The van der Waals surface area contributed by atoms with Gasteiger partial charge in [-0.1, -0.05) is 0 Å². The molecule has 1 aromatic heterocycles. The minimum atomic E-state index is -1.15. The van der Waals surface area contributed by atoms with Gasteiger partial charge in [0.2, 0.25) is 5.96 Å². The van der Waals surface area contributed by atoms with Gasteiger partial charge in [-0.2, -0.15) is 10.5 Å². The first kappa shape index (κ1) is 18.8. The number of nitrogen functional groups attached to an aromatic ring is 2. The molecule has 0 saturated heterocycles. The number of hydrogen-bond donors (Lipinski definition) is 5. The highest BCUT2D eigenvalue weighted by molar-refractivity contribution is 5.98. The summed E-state index contributed by atoms with van der Waals surface area (Å²) in [6, 6.07) is 3.84. The van der Waals surface area contributed by atoms with Crippen LogP contribution < -0.4 is 26.8 Å². The molecule has 2 aromatic rings. The number of carbonyl (C=O) groups is 1. The number of nitriles is 2. The minimum Gasteiger partial charge on any atom is -0.478 e. The van der Waals surface area contributed by atoms with Crippen molar-refractivity contribution in [1.82, 2.24) is 10.3 Å². The van der Waals surface area contributed by atoms with Crippen LogP contribution in [0.4, 0.5) is 17.3 Å². The van der Waals surface area contributed by atoms with Crippen molar-refractivity contribution in [3.05, 3.63) is 39.9 Å². The maximum Gasteiger partial charge on any atom is 0.335 e. The molecule has 4 rings (SSSR count). The summed E-state index contributed by atoms with van der Waals surface area (Å²) in [5.41, 5.74) is 13.3. The van der Waals surface area contributed by atoms with Crippen LogP contribution in [0, 0.1) is 22.8 Å². The van der Waals surface area contributed by atoms with E-state index < -0.39 is 12.0 Å². The van der Waals surface area contributed by atoms with Crippen LogP contribution in [0.15, 0.2) is 17.1 Å². The molecule has 7 N–H and O–H groups in total. The van der Waals surface area contributed by atoms with Crippen molar-refractivity contribution in [2.45, 2.75) is 12.6 Å². The number of benzene rings is 1. The SMILES string of the molecule is N#CNC1=NC(c2cc(C(=O)O)cc3c2OCOC3)c2c(nc(N)c(C#N)c2N)N1. The number of rotatable bonds is 2. The van der Waals surface area contributed by atoms with Gasteiger partial charge in [-0.25, -0.2) is 14.8 Å². The average molecular weight is 406 g/mol. The maximum absolute atomic E-state index is 11.7. The number of pyridine rings is 1. The molecule has 1 atom stereocenters.